The fraction of sp³-hybridized carbons (Fsp3) is 0.261. The third-order valence-corrected chi connectivity index (χ3v) is 4.91. The van der Waals surface area contributed by atoms with Gasteiger partial charge in [-0.05, 0) is 74.6 Å². The van der Waals surface area contributed by atoms with Crippen LogP contribution in [-0.4, -0.2) is 22.4 Å². The normalized spacial score (nSPS) is 13.2. The number of amides is 1. The molecule has 1 aromatic heterocycles. The van der Waals surface area contributed by atoms with Crippen molar-refractivity contribution < 1.29 is 4.79 Å². The molecule has 2 aromatic carbocycles. The second kappa shape index (κ2) is 7.43. The second-order valence-corrected chi connectivity index (χ2v) is 7.41. The van der Waals surface area contributed by atoms with Crippen molar-refractivity contribution in [2.24, 2.45) is 0 Å². The van der Waals surface area contributed by atoms with Crippen LogP contribution < -0.4 is 10.2 Å². The molecule has 28 heavy (non-hydrogen) atoms. The first-order valence-electron chi connectivity index (χ1n) is 9.60. The maximum atomic E-state index is 12.8. The molecule has 0 radical (unpaired) electrons. The van der Waals surface area contributed by atoms with Gasteiger partial charge < -0.3 is 10.2 Å². The van der Waals surface area contributed by atoms with Crippen molar-refractivity contribution in [3.8, 4) is 0 Å². The van der Waals surface area contributed by atoms with E-state index in [4.69, 9.17) is 0 Å². The molecule has 4 rings (SSSR count). The molecule has 5 heteroatoms. The monoisotopic (exact) mass is 372 g/mol. The van der Waals surface area contributed by atoms with Gasteiger partial charge in [0.1, 0.15) is 5.69 Å². The SMILES string of the molecule is Cc1cc(C)cc(NC(=O)c2cc(C)nc(N3CCCc4ccccc43)n2)c1. The Morgan fingerprint density at radius 1 is 1.00 bits per heavy atom. The Balaban J connectivity index is 1.65. The maximum absolute atomic E-state index is 12.8. The third kappa shape index (κ3) is 3.74. The van der Waals surface area contributed by atoms with E-state index in [1.165, 1.54) is 5.56 Å². The van der Waals surface area contributed by atoms with Gasteiger partial charge in [0.15, 0.2) is 0 Å². The number of fused-ring (bicyclic) bond motifs is 1. The Kier molecular flexibility index (Phi) is 4.82. The lowest BCUT2D eigenvalue weighted by Gasteiger charge is -2.29. The number of hydrogen-bond acceptors (Lipinski definition) is 4. The van der Waals surface area contributed by atoms with Gasteiger partial charge in [-0.25, -0.2) is 9.97 Å². The van der Waals surface area contributed by atoms with Crippen molar-refractivity contribution in [2.45, 2.75) is 33.6 Å². The Morgan fingerprint density at radius 2 is 1.75 bits per heavy atom. The van der Waals surface area contributed by atoms with Crippen LogP contribution in [0.25, 0.3) is 0 Å². The zero-order valence-corrected chi connectivity index (χ0v) is 16.5. The average molecular weight is 372 g/mol. The van der Waals surface area contributed by atoms with Crippen LogP contribution in [0, 0.1) is 20.8 Å². The molecule has 1 amide bonds. The van der Waals surface area contributed by atoms with Crippen molar-refractivity contribution in [1.82, 2.24) is 9.97 Å². The summed E-state index contributed by atoms with van der Waals surface area (Å²) in [5.41, 5.74) is 6.58. The highest BCUT2D eigenvalue weighted by molar-refractivity contribution is 6.03. The highest BCUT2D eigenvalue weighted by Crippen LogP contribution is 2.31. The summed E-state index contributed by atoms with van der Waals surface area (Å²) in [6.07, 6.45) is 2.09. The van der Waals surface area contributed by atoms with E-state index in [0.29, 0.717) is 11.6 Å². The van der Waals surface area contributed by atoms with Crippen LogP contribution >= 0.6 is 0 Å². The second-order valence-electron chi connectivity index (χ2n) is 7.41. The molecule has 0 bridgehead atoms. The van der Waals surface area contributed by atoms with Crippen molar-refractivity contribution in [3.63, 3.8) is 0 Å². The number of aryl methyl sites for hydroxylation is 4. The van der Waals surface area contributed by atoms with E-state index in [-0.39, 0.29) is 5.91 Å². The van der Waals surface area contributed by atoms with Gasteiger partial charge in [-0.2, -0.15) is 0 Å². The third-order valence-electron chi connectivity index (χ3n) is 4.91. The Labute approximate surface area is 165 Å². The summed E-state index contributed by atoms with van der Waals surface area (Å²) >= 11 is 0. The molecule has 0 aliphatic carbocycles. The first-order chi connectivity index (χ1) is 13.5. The van der Waals surface area contributed by atoms with Gasteiger partial charge in [0.05, 0.1) is 0 Å². The number of aromatic nitrogens is 2. The molecule has 0 saturated carbocycles. The van der Waals surface area contributed by atoms with Crippen molar-refractivity contribution in [3.05, 3.63) is 76.6 Å². The fourth-order valence-corrected chi connectivity index (χ4v) is 3.77. The quantitative estimate of drug-likeness (QED) is 0.721. The Bertz CT molecular complexity index is 1020. The highest BCUT2D eigenvalue weighted by atomic mass is 16.1. The summed E-state index contributed by atoms with van der Waals surface area (Å²) in [5, 5.41) is 2.97. The molecule has 1 aliphatic heterocycles. The van der Waals surface area contributed by atoms with Gasteiger partial charge in [-0.3, -0.25) is 4.79 Å². The maximum Gasteiger partial charge on any atom is 0.274 e. The molecule has 0 unspecified atom stereocenters. The van der Waals surface area contributed by atoms with Crippen LogP contribution in [-0.2, 0) is 6.42 Å². The zero-order valence-electron chi connectivity index (χ0n) is 16.5. The van der Waals surface area contributed by atoms with E-state index >= 15 is 0 Å². The predicted octanol–water partition coefficient (Wildman–Crippen LogP) is 4.74. The predicted molar refractivity (Wildman–Crippen MR) is 112 cm³/mol. The smallest absolute Gasteiger partial charge is 0.274 e. The van der Waals surface area contributed by atoms with Gasteiger partial charge in [0.2, 0.25) is 5.95 Å². The van der Waals surface area contributed by atoms with Crippen molar-refractivity contribution in [2.75, 3.05) is 16.8 Å². The van der Waals surface area contributed by atoms with Gasteiger partial charge in [-0.15, -0.1) is 0 Å². The van der Waals surface area contributed by atoms with E-state index in [0.717, 1.165) is 47.6 Å². The number of benzene rings is 2. The highest BCUT2D eigenvalue weighted by Gasteiger charge is 2.21. The Hall–Kier alpha value is -3.21. The molecular formula is C23H24N4O. The summed E-state index contributed by atoms with van der Waals surface area (Å²) in [7, 11) is 0. The number of para-hydroxylation sites is 1. The van der Waals surface area contributed by atoms with E-state index in [1.54, 1.807) is 6.07 Å². The number of anilines is 3. The van der Waals surface area contributed by atoms with Crippen LogP contribution in [0.2, 0.25) is 0 Å². The lowest BCUT2D eigenvalue weighted by molar-refractivity contribution is 0.102. The first-order valence-corrected chi connectivity index (χ1v) is 9.60. The number of carbonyl (C=O) groups is 1. The van der Waals surface area contributed by atoms with Gasteiger partial charge in [0.25, 0.3) is 5.91 Å². The minimum Gasteiger partial charge on any atom is -0.321 e. The Morgan fingerprint density at radius 3 is 2.54 bits per heavy atom. The molecular weight excluding hydrogens is 348 g/mol. The van der Waals surface area contributed by atoms with E-state index < -0.39 is 0 Å². The lowest BCUT2D eigenvalue weighted by Crippen LogP contribution is -2.27. The number of rotatable bonds is 3. The van der Waals surface area contributed by atoms with Crippen molar-refractivity contribution >= 4 is 23.2 Å². The van der Waals surface area contributed by atoms with Gasteiger partial charge in [0, 0.05) is 23.6 Å². The van der Waals surface area contributed by atoms with Crippen LogP contribution in [0.1, 0.15) is 39.3 Å². The summed E-state index contributed by atoms with van der Waals surface area (Å²) in [6.45, 7) is 6.78. The minimum atomic E-state index is -0.220. The molecule has 1 N–H and O–H groups in total. The molecule has 0 spiro atoms. The fourth-order valence-electron chi connectivity index (χ4n) is 3.77. The molecule has 3 aromatic rings. The van der Waals surface area contributed by atoms with Crippen LogP contribution in [0.15, 0.2) is 48.5 Å². The molecule has 0 fully saturated rings. The van der Waals surface area contributed by atoms with Crippen molar-refractivity contribution in [1.29, 1.82) is 0 Å². The number of nitrogens with one attached hydrogen (secondary N) is 1. The van der Waals surface area contributed by atoms with Gasteiger partial charge >= 0.3 is 0 Å². The number of nitrogens with zero attached hydrogens (tertiary/aromatic N) is 3. The molecule has 2 heterocycles. The molecule has 142 valence electrons. The number of carbonyl (C=O) groups excluding carboxylic acids is 1. The largest absolute Gasteiger partial charge is 0.321 e. The standard InChI is InChI=1S/C23H24N4O/c1-15-11-16(2)13-19(12-15)25-22(28)20-14-17(3)24-23(26-20)27-10-6-8-18-7-4-5-9-21(18)27/h4-5,7,9,11-14H,6,8,10H2,1-3H3,(H,25,28). The van der Waals surface area contributed by atoms with Crippen LogP contribution in [0.3, 0.4) is 0 Å². The van der Waals surface area contributed by atoms with E-state index in [9.17, 15) is 4.79 Å². The first kappa shape index (κ1) is 18.2. The number of hydrogen-bond donors (Lipinski definition) is 1. The van der Waals surface area contributed by atoms with Gasteiger partial charge in [-0.1, -0.05) is 24.3 Å². The summed E-state index contributed by atoms with van der Waals surface area (Å²) in [4.78, 5) is 24.2. The average Bonchev–Trinajstić information content (AvgIpc) is 2.66. The summed E-state index contributed by atoms with van der Waals surface area (Å²) < 4.78 is 0. The minimum absolute atomic E-state index is 0.220. The molecule has 5 nitrogen and oxygen atoms in total. The molecule has 0 saturated heterocycles. The van der Waals surface area contributed by atoms with E-state index in [1.807, 2.05) is 39.0 Å². The molecule has 1 aliphatic rings. The van der Waals surface area contributed by atoms with E-state index in [2.05, 4.69) is 44.5 Å². The van der Waals surface area contributed by atoms with Crippen LogP contribution in [0.4, 0.5) is 17.3 Å². The summed E-state index contributed by atoms with van der Waals surface area (Å²) in [6, 6.07) is 16.1. The van der Waals surface area contributed by atoms with Crippen LogP contribution in [0.5, 0.6) is 0 Å². The zero-order chi connectivity index (χ0) is 19.7. The topological polar surface area (TPSA) is 58.1 Å². The lowest BCUT2D eigenvalue weighted by atomic mass is 10.0. The molecule has 0 atom stereocenters. The summed E-state index contributed by atoms with van der Waals surface area (Å²) in [5.74, 6) is 0.361.